The van der Waals surface area contributed by atoms with Crippen molar-refractivity contribution in [2.75, 3.05) is 0 Å². The predicted octanol–water partition coefficient (Wildman–Crippen LogP) is 10.7. The molecule has 4 aromatic heterocycles. The largest absolute Gasteiger partial charge is 0.456 e. The molecule has 0 saturated carbocycles. The van der Waals surface area contributed by atoms with Crippen LogP contribution in [0.5, 0.6) is 0 Å². The summed E-state index contributed by atoms with van der Waals surface area (Å²) in [6, 6.07) is 44.7. The Kier molecular flexibility index (Phi) is 4.57. The molecule has 4 heterocycles. The number of hydrogen-bond donors (Lipinski definition) is 0. The van der Waals surface area contributed by atoms with Gasteiger partial charge in [0.15, 0.2) is 0 Å². The second-order valence-electron chi connectivity index (χ2n) is 11.0. The fourth-order valence-electron chi connectivity index (χ4n) is 6.70. The number of rotatable bonds is 2. The summed E-state index contributed by atoms with van der Waals surface area (Å²) in [6.45, 7) is 0. The van der Waals surface area contributed by atoms with Gasteiger partial charge in [0.1, 0.15) is 11.2 Å². The molecule has 0 bridgehead atoms. The third kappa shape index (κ3) is 3.20. The van der Waals surface area contributed by atoms with E-state index in [0.717, 1.165) is 59.8 Å². The van der Waals surface area contributed by atoms with Crippen LogP contribution in [-0.4, -0.2) is 14.5 Å². The molecule has 0 aliphatic heterocycles. The highest BCUT2D eigenvalue weighted by atomic mass is 32.1. The van der Waals surface area contributed by atoms with Crippen molar-refractivity contribution in [1.29, 1.82) is 0 Å². The van der Waals surface area contributed by atoms with Gasteiger partial charge in [0.2, 0.25) is 5.95 Å². The van der Waals surface area contributed by atoms with E-state index in [4.69, 9.17) is 14.4 Å². The van der Waals surface area contributed by atoms with Gasteiger partial charge in [-0.05, 0) is 47.2 Å². The van der Waals surface area contributed by atoms with Crippen molar-refractivity contribution in [3.63, 3.8) is 0 Å². The molecular weight excluding hydrogens is 547 g/mol. The van der Waals surface area contributed by atoms with Gasteiger partial charge in [-0.1, -0.05) is 91.0 Å². The number of nitrogens with zero attached hydrogens (tertiary/aromatic N) is 3. The average molecular weight is 568 g/mol. The highest BCUT2D eigenvalue weighted by molar-refractivity contribution is 7.26. The Balaban J connectivity index is 1.39. The lowest BCUT2D eigenvalue weighted by Gasteiger charge is -2.11. The Morgan fingerprint density at radius 3 is 2.19 bits per heavy atom. The van der Waals surface area contributed by atoms with E-state index in [1.165, 1.54) is 26.2 Å². The number of benzene rings is 6. The van der Waals surface area contributed by atoms with E-state index in [1.54, 1.807) is 11.3 Å². The van der Waals surface area contributed by atoms with E-state index < -0.39 is 0 Å². The third-order valence-electron chi connectivity index (χ3n) is 8.61. The summed E-state index contributed by atoms with van der Waals surface area (Å²) in [4.78, 5) is 10.8. The maximum absolute atomic E-state index is 6.30. The summed E-state index contributed by atoms with van der Waals surface area (Å²) in [5.74, 6) is 0.664. The normalized spacial score (nSPS) is 12.2. The SMILES string of the molecule is c1ccc2cc3c(cc2c1)c1ccccc1n3-c1nc(-c2cccc3oc4ccccc4c23)c2sc3ccccc3c2n1. The summed E-state index contributed by atoms with van der Waals surface area (Å²) in [5.41, 5.74) is 6.86. The molecule has 43 heavy (non-hydrogen) atoms. The molecule has 0 N–H and O–H groups in total. The minimum Gasteiger partial charge on any atom is -0.456 e. The van der Waals surface area contributed by atoms with Crippen LogP contribution in [0.25, 0.3) is 92.0 Å². The van der Waals surface area contributed by atoms with E-state index >= 15 is 0 Å². The van der Waals surface area contributed by atoms with Gasteiger partial charge in [-0.25, -0.2) is 9.97 Å². The third-order valence-corrected chi connectivity index (χ3v) is 9.77. The van der Waals surface area contributed by atoms with E-state index in [9.17, 15) is 0 Å². The van der Waals surface area contributed by atoms with Crippen molar-refractivity contribution < 1.29 is 4.42 Å². The van der Waals surface area contributed by atoms with Crippen molar-refractivity contribution in [2.45, 2.75) is 0 Å². The first-order valence-corrected chi connectivity index (χ1v) is 15.2. The molecule has 0 saturated heterocycles. The first-order valence-electron chi connectivity index (χ1n) is 14.3. The zero-order valence-electron chi connectivity index (χ0n) is 22.8. The summed E-state index contributed by atoms with van der Waals surface area (Å²) < 4.78 is 10.8. The first kappa shape index (κ1) is 23.1. The molecule has 0 unspecified atom stereocenters. The van der Waals surface area contributed by atoms with Crippen LogP contribution in [0.1, 0.15) is 0 Å². The van der Waals surface area contributed by atoms with Crippen LogP contribution in [0.3, 0.4) is 0 Å². The molecular formula is C38H21N3OS. The van der Waals surface area contributed by atoms with Gasteiger partial charge < -0.3 is 4.42 Å². The minimum atomic E-state index is 0.664. The maximum Gasteiger partial charge on any atom is 0.235 e. The molecule has 5 heteroatoms. The van der Waals surface area contributed by atoms with E-state index in [2.05, 4.69) is 114 Å². The van der Waals surface area contributed by atoms with Crippen molar-refractivity contribution in [1.82, 2.24) is 14.5 Å². The van der Waals surface area contributed by atoms with Crippen LogP contribution in [0.4, 0.5) is 0 Å². The summed E-state index contributed by atoms with van der Waals surface area (Å²) in [5, 5.41) is 8.10. The Bertz CT molecular complexity index is 2750. The quantitative estimate of drug-likeness (QED) is 0.209. The van der Waals surface area contributed by atoms with E-state index in [1.807, 2.05) is 18.2 Å². The average Bonchev–Trinajstić information content (AvgIpc) is 3.72. The molecule has 10 aromatic rings. The number of aromatic nitrogens is 3. The number of thiophene rings is 1. The molecule has 0 spiro atoms. The molecule has 0 aliphatic rings. The smallest absolute Gasteiger partial charge is 0.235 e. The van der Waals surface area contributed by atoms with Crippen molar-refractivity contribution in [3.8, 4) is 17.2 Å². The van der Waals surface area contributed by atoms with Crippen molar-refractivity contribution in [3.05, 3.63) is 127 Å². The van der Waals surface area contributed by atoms with Gasteiger partial charge in [-0.3, -0.25) is 4.57 Å². The lowest BCUT2D eigenvalue weighted by molar-refractivity contribution is 0.669. The lowest BCUT2D eigenvalue weighted by Crippen LogP contribution is -2.02. The van der Waals surface area contributed by atoms with E-state index in [-0.39, 0.29) is 0 Å². The van der Waals surface area contributed by atoms with Gasteiger partial charge in [0, 0.05) is 37.2 Å². The van der Waals surface area contributed by atoms with Crippen molar-refractivity contribution >= 4 is 86.2 Å². The molecule has 0 amide bonds. The highest BCUT2D eigenvalue weighted by Crippen LogP contribution is 2.43. The van der Waals surface area contributed by atoms with Crippen LogP contribution in [-0.2, 0) is 0 Å². The van der Waals surface area contributed by atoms with Crippen LogP contribution < -0.4 is 0 Å². The molecule has 0 fully saturated rings. The van der Waals surface area contributed by atoms with Crippen LogP contribution in [0.2, 0.25) is 0 Å². The Morgan fingerprint density at radius 2 is 1.28 bits per heavy atom. The van der Waals surface area contributed by atoms with Gasteiger partial charge in [0.05, 0.1) is 26.9 Å². The molecule has 0 atom stereocenters. The highest BCUT2D eigenvalue weighted by Gasteiger charge is 2.22. The zero-order valence-corrected chi connectivity index (χ0v) is 23.6. The molecule has 6 aromatic carbocycles. The Morgan fingerprint density at radius 1 is 0.558 bits per heavy atom. The monoisotopic (exact) mass is 567 g/mol. The number of para-hydroxylation sites is 2. The number of fused-ring (bicyclic) bond motifs is 10. The molecule has 0 aliphatic carbocycles. The summed E-state index contributed by atoms with van der Waals surface area (Å²) in [6.07, 6.45) is 0. The maximum atomic E-state index is 6.30. The van der Waals surface area contributed by atoms with Crippen LogP contribution in [0, 0.1) is 0 Å². The topological polar surface area (TPSA) is 43.9 Å². The predicted molar refractivity (Wildman–Crippen MR) is 179 cm³/mol. The second-order valence-corrected chi connectivity index (χ2v) is 12.0. The number of hydrogen-bond acceptors (Lipinski definition) is 4. The first-order chi connectivity index (χ1) is 21.3. The van der Waals surface area contributed by atoms with Crippen LogP contribution >= 0.6 is 11.3 Å². The van der Waals surface area contributed by atoms with Gasteiger partial charge in [-0.2, -0.15) is 0 Å². The molecule has 4 nitrogen and oxygen atoms in total. The van der Waals surface area contributed by atoms with E-state index in [0.29, 0.717) is 5.95 Å². The molecule has 10 rings (SSSR count). The lowest BCUT2D eigenvalue weighted by atomic mass is 10.0. The van der Waals surface area contributed by atoms with Gasteiger partial charge in [0.25, 0.3) is 0 Å². The van der Waals surface area contributed by atoms with Crippen molar-refractivity contribution in [2.24, 2.45) is 0 Å². The minimum absolute atomic E-state index is 0.664. The Labute approximate surface area is 249 Å². The summed E-state index contributed by atoms with van der Waals surface area (Å²) >= 11 is 1.75. The van der Waals surface area contributed by atoms with Gasteiger partial charge in [-0.15, -0.1) is 11.3 Å². The number of furan rings is 1. The van der Waals surface area contributed by atoms with Gasteiger partial charge >= 0.3 is 0 Å². The molecule has 0 radical (unpaired) electrons. The summed E-state index contributed by atoms with van der Waals surface area (Å²) in [7, 11) is 0. The fraction of sp³-hybridized carbons (Fsp3) is 0. The van der Waals surface area contributed by atoms with Crippen LogP contribution in [0.15, 0.2) is 132 Å². The second kappa shape index (κ2) is 8.51. The fourth-order valence-corrected chi connectivity index (χ4v) is 7.85. The Hall–Kier alpha value is -5.52. The molecule has 200 valence electrons. The standard InChI is InChI=1S/C38H21N3OS/c1-2-11-23-21-30-28(20-22(23)10-1)24-12-3-6-16-29(24)41(30)38-39-35-26-14-5-8-19-33(26)43-37(35)36(40-38)27-15-9-18-32-34(27)25-13-4-7-17-31(25)42-32/h1-21H. The zero-order chi connectivity index (χ0) is 28.1.